The van der Waals surface area contributed by atoms with Gasteiger partial charge in [-0.1, -0.05) is 0 Å². The highest BCUT2D eigenvalue weighted by Gasteiger charge is 2.33. The molecule has 1 N–H and O–H groups in total. The zero-order valence-electron chi connectivity index (χ0n) is 14.4. The molecule has 0 saturated carbocycles. The van der Waals surface area contributed by atoms with E-state index in [1.165, 1.54) is 0 Å². The van der Waals surface area contributed by atoms with Gasteiger partial charge in [-0.2, -0.15) is 0 Å². The number of furan rings is 1. The van der Waals surface area contributed by atoms with Gasteiger partial charge in [-0.15, -0.1) is 0 Å². The Morgan fingerprint density at radius 3 is 2.75 bits per heavy atom. The number of methoxy groups -OCH3 is 1. The molecule has 1 atom stereocenters. The second-order valence-electron chi connectivity index (χ2n) is 6.25. The summed E-state index contributed by atoms with van der Waals surface area (Å²) in [6.07, 6.45) is 0.674. The Kier molecular flexibility index (Phi) is 4.22. The predicted octanol–water partition coefficient (Wildman–Crippen LogP) is 2.27. The molecule has 0 spiro atoms. The van der Waals surface area contributed by atoms with E-state index in [0.717, 1.165) is 16.5 Å². The van der Waals surface area contributed by atoms with Crippen LogP contribution < -0.4 is 10.1 Å². The lowest BCUT2D eigenvalue weighted by atomic mass is 10.1. The van der Waals surface area contributed by atoms with E-state index >= 15 is 0 Å². The first-order chi connectivity index (χ1) is 11.5. The number of aryl methyl sites for hydroxylation is 2. The van der Waals surface area contributed by atoms with E-state index < -0.39 is 0 Å². The summed E-state index contributed by atoms with van der Waals surface area (Å²) in [4.78, 5) is 26.3. The van der Waals surface area contributed by atoms with Crippen LogP contribution in [0.15, 0.2) is 16.5 Å². The maximum absolute atomic E-state index is 12.8. The molecule has 1 aromatic heterocycles. The molecule has 1 fully saturated rings. The van der Waals surface area contributed by atoms with Crippen molar-refractivity contribution in [3.05, 3.63) is 29.0 Å². The zero-order chi connectivity index (χ0) is 17.4. The third-order valence-electron chi connectivity index (χ3n) is 4.65. The molecule has 2 aromatic rings. The number of ether oxygens (including phenoxy) is 1. The molecule has 2 amide bonds. The van der Waals surface area contributed by atoms with Crippen molar-refractivity contribution in [2.24, 2.45) is 5.92 Å². The quantitative estimate of drug-likeness (QED) is 0.937. The molecule has 128 valence electrons. The van der Waals surface area contributed by atoms with Gasteiger partial charge in [0.2, 0.25) is 5.91 Å². The van der Waals surface area contributed by atoms with Crippen LogP contribution in [0.4, 0.5) is 0 Å². The number of nitrogens with one attached hydrogen (secondary N) is 1. The van der Waals surface area contributed by atoms with Crippen molar-refractivity contribution in [2.45, 2.75) is 20.3 Å². The monoisotopic (exact) mass is 330 g/mol. The maximum atomic E-state index is 12.8. The first-order valence-corrected chi connectivity index (χ1v) is 8.04. The van der Waals surface area contributed by atoms with Crippen molar-refractivity contribution in [3.8, 4) is 5.75 Å². The van der Waals surface area contributed by atoms with Crippen LogP contribution in [0.2, 0.25) is 0 Å². The SMILES string of the molecule is CNC(=O)C1CCN(C(=O)c2oc3c(OC)cc(C)cc3c2C)C1. The molecule has 1 aromatic carbocycles. The van der Waals surface area contributed by atoms with Gasteiger partial charge in [0.05, 0.1) is 13.0 Å². The molecule has 0 aliphatic carbocycles. The Labute approximate surface area is 140 Å². The Bertz CT molecular complexity index is 809. The molecule has 6 heteroatoms. The molecule has 0 bridgehead atoms. The summed E-state index contributed by atoms with van der Waals surface area (Å²) >= 11 is 0. The van der Waals surface area contributed by atoms with E-state index in [-0.39, 0.29) is 17.7 Å². The van der Waals surface area contributed by atoms with Crippen molar-refractivity contribution < 1.29 is 18.7 Å². The molecular weight excluding hydrogens is 308 g/mol. The minimum Gasteiger partial charge on any atom is -0.493 e. The van der Waals surface area contributed by atoms with Gasteiger partial charge in [-0.05, 0) is 38.0 Å². The molecule has 1 aliphatic rings. The highest BCUT2D eigenvalue weighted by atomic mass is 16.5. The zero-order valence-corrected chi connectivity index (χ0v) is 14.4. The van der Waals surface area contributed by atoms with Crippen molar-refractivity contribution in [3.63, 3.8) is 0 Å². The Hall–Kier alpha value is -2.50. The van der Waals surface area contributed by atoms with Crippen molar-refractivity contribution in [2.75, 3.05) is 27.2 Å². The van der Waals surface area contributed by atoms with Crippen LogP contribution in [0.1, 0.15) is 28.1 Å². The molecule has 2 heterocycles. The smallest absolute Gasteiger partial charge is 0.289 e. The summed E-state index contributed by atoms with van der Waals surface area (Å²) in [5.41, 5.74) is 2.44. The number of nitrogens with zero attached hydrogens (tertiary/aromatic N) is 1. The van der Waals surface area contributed by atoms with Crippen molar-refractivity contribution in [1.82, 2.24) is 10.2 Å². The Morgan fingerprint density at radius 1 is 1.33 bits per heavy atom. The van der Waals surface area contributed by atoms with Gasteiger partial charge in [0, 0.05) is 31.1 Å². The van der Waals surface area contributed by atoms with Crippen LogP contribution in [-0.2, 0) is 4.79 Å². The fraction of sp³-hybridized carbons (Fsp3) is 0.444. The van der Waals surface area contributed by atoms with Gasteiger partial charge < -0.3 is 19.4 Å². The Morgan fingerprint density at radius 2 is 2.08 bits per heavy atom. The highest BCUT2D eigenvalue weighted by molar-refractivity contribution is 6.00. The van der Waals surface area contributed by atoms with Crippen LogP contribution >= 0.6 is 0 Å². The van der Waals surface area contributed by atoms with Gasteiger partial charge in [-0.3, -0.25) is 9.59 Å². The summed E-state index contributed by atoms with van der Waals surface area (Å²) < 4.78 is 11.2. The second-order valence-corrected chi connectivity index (χ2v) is 6.25. The van der Waals surface area contributed by atoms with E-state index in [1.807, 2.05) is 26.0 Å². The van der Waals surface area contributed by atoms with E-state index in [0.29, 0.717) is 36.6 Å². The molecule has 1 saturated heterocycles. The van der Waals surface area contributed by atoms with E-state index in [9.17, 15) is 9.59 Å². The van der Waals surface area contributed by atoms with Crippen molar-refractivity contribution >= 4 is 22.8 Å². The normalized spacial score (nSPS) is 17.3. The van der Waals surface area contributed by atoms with Crippen LogP contribution in [0.3, 0.4) is 0 Å². The average Bonchev–Trinajstić information content (AvgIpc) is 3.19. The molecule has 0 radical (unpaired) electrons. The van der Waals surface area contributed by atoms with Crippen LogP contribution in [0.25, 0.3) is 11.0 Å². The third-order valence-corrected chi connectivity index (χ3v) is 4.65. The number of hydrogen-bond donors (Lipinski definition) is 1. The minimum atomic E-state index is -0.171. The first-order valence-electron chi connectivity index (χ1n) is 8.04. The van der Waals surface area contributed by atoms with Crippen molar-refractivity contribution in [1.29, 1.82) is 0 Å². The number of carbonyl (C=O) groups is 2. The lowest BCUT2D eigenvalue weighted by Crippen LogP contribution is -2.33. The lowest BCUT2D eigenvalue weighted by Gasteiger charge is -2.15. The van der Waals surface area contributed by atoms with Crippen LogP contribution in [0.5, 0.6) is 5.75 Å². The van der Waals surface area contributed by atoms with Gasteiger partial charge in [0.1, 0.15) is 0 Å². The van der Waals surface area contributed by atoms with E-state index in [1.54, 1.807) is 19.1 Å². The van der Waals surface area contributed by atoms with E-state index in [4.69, 9.17) is 9.15 Å². The number of rotatable bonds is 3. The lowest BCUT2D eigenvalue weighted by molar-refractivity contribution is -0.124. The predicted molar refractivity (Wildman–Crippen MR) is 90.3 cm³/mol. The average molecular weight is 330 g/mol. The molecule has 24 heavy (non-hydrogen) atoms. The van der Waals surface area contributed by atoms with E-state index in [2.05, 4.69) is 5.32 Å². The van der Waals surface area contributed by atoms with Gasteiger partial charge in [0.15, 0.2) is 17.1 Å². The van der Waals surface area contributed by atoms with Gasteiger partial charge in [0.25, 0.3) is 5.91 Å². The molecule has 1 aliphatic heterocycles. The molecule has 1 unspecified atom stereocenters. The standard InChI is InChI=1S/C18H22N2O4/c1-10-7-13-11(2)15(24-16(13)14(8-10)23-4)18(22)20-6-5-12(9-20)17(21)19-3/h7-8,12H,5-6,9H2,1-4H3,(H,19,21). The highest BCUT2D eigenvalue weighted by Crippen LogP contribution is 2.34. The second kappa shape index (κ2) is 6.19. The number of fused-ring (bicyclic) bond motifs is 1. The molecule has 3 rings (SSSR count). The van der Waals surface area contributed by atoms with Gasteiger partial charge >= 0.3 is 0 Å². The maximum Gasteiger partial charge on any atom is 0.289 e. The molecular formula is C18H22N2O4. The number of carbonyl (C=O) groups excluding carboxylic acids is 2. The van der Waals surface area contributed by atoms with Crippen LogP contribution in [0, 0.1) is 19.8 Å². The fourth-order valence-electron chi connectivity index (χ4n) is 3.29. The summed E-state index contributed by atoms with van der Waals surface area (Å²) in [6.45, 7) is 4.84. The number of hydrogen-bond acceptors (Lipinski definition) is 4. The fourth-order valence-corrected chi connectivity index (χ4v) is 3.29. The number of likely N-dealkylation sites (tertiary alicyclic amines) is 1. The largest absolute Gasteiger partial charge is 0.493 e. The summed E-state index contributed by atoms with van der Waals surface area (Å²) in [7, 11) is 3.20. The number of benzene rings is 1. The van der Waals surface area contributed by atoms with Gasteiger partial charge in [-0.25, -0.2) is 0 Å². The number of amides is 2. The summed E-state index contributed by atoms with van der Waals surface area (Å²) in [5.74, 6) is 0.599. The topological polar surface area (TPSA) is 71.8 Å². The Balaban J connectivity index is 1.94. The summed E-state index contributed by atoms with van der Waals surface area (Å²) in [6, 6.07) is 3.88. The first kappa shape index (κ1) is 16.4. The summed E-state index contributed by atoms with van der Waals surface area (Å²) in [5, 5.41) is 3.53. The third kappa shape index (κ3) is 2.62. The molecule has 6 nitrogen and oxygen atoms in total. The minimum absolute atomic E-state index is 0.0241. The van der Waals surface area contributed by atoms with Crippen LogP contribution in [-0.4, -0.2) is 44.0 Å².